The molecule has 158 valence electrons. The van der Waals surface area contributed by atoms with E-state index in [4.69, 9.17) is 24.8 Å². The fourth-order valence-electron chi connectivity index (χ4n) is 2.03. The van der Waals surface area contributed by atoms with Crippen LogP contribution in [0.5, 0.6) is 0 Å². The van der Waals surface area contributed by atoms with E-state index in [1.807, 2.05) is 0 Å². The fourth-order valence-corrected chi connectivity index (χ4v) is 2.03. The van der Waals surface area contributed by atoms with Gasteiger partial charge in [0, 0.05) is 6.42 Å². The van der Waals surface area contributed by atoms with Crippen LogP contribution in [0.15, 0.2) is 0 Å². The molecule has 12 nitrogen and oxygen atoms in total. The van der Waals surface area contributed by atoms with Crippen LogP contribution in [0.1, 0.15) is 12.8 Å². The zero-order chi connectivity index (χ0) is 17.8. The maximum absolute atomic E-state index is 13.7. The Bertz CT molecular complexity index is 430. The largest absolute Gasteiger partial charge is 2.00 e. The molecule has 0 amide bonds. The summed E-state index contributed by atoms with van der Waals surface area (Å²) in [5.74, 6) is -4.28. The number of hydrogen-bond donors (Lipinski definition) is 6. The third-order valence-corrected chi connectivity index (χ3v) is 3.47. The Balaban J connectivity index is -0.00000176. The summed E-state index contributed by atoms with van der Waals surface area (Å²) in [6.45, 7) is -1.04. The van der Waals surface area contributed by atoms with Crippen molar-refractivity contribution in [3.05, 3.63) is 12.3 Å². The molecule has 0 aromatic rings. The smallest absolute Gasteiger partial charge is 0.693 e. The first-order valence-electron chi connectivity index (χ1n) is 6.73. The zero-order valence-electron chi connectivity index (χ0n) is 13.4. The molecule has 1 aliphatic heterocycles. The molecule has 1 rings (SSSR count). The van der Waals surface area contributed by atoms with Crippen LogP contribution in [0.2, 0.25) is 0 Å². The van der Waals surface area contributed by atoms with Crippen molar-refractivity contribution in [3.8, 4) is 0 Å². The average Bonchev–Trinajstić information content (AvgIpc) is 2.50. The van der Waals surface area contributed by atoms with Gasteiger partial charge < -0.3 is 52.4 Å². The zero-order valence-corrected chi connectivity index (χ0v) is 15.7. The summed E-state index contributed by atoms with van der Waals surface area (Å²) in [6, 6.07) is 0. The van der Waals surface area contributed by atoms with E-state index >= 15 is 0 Å². The Morgan fingerprint density at radius 2 is 1.54 bits per heavy atom. The minimum absolute atomic E-state index is 0. The Kier molecular flexibility index (Phi) is 14.5. The van der Waals surface area contributed by atoms with Crippen LogP contribution in [-0.2, 0) is 40.1 Å². The van der Waals surface area contributed by atoms with Crippen LogP contribution in [0.4, 0.5) is 4.39 Å². The fraction of sp³-hybridized carbons (Fsp3) is 0.833. The first kappa shape index (κ1) is 30.0. The van der Waals surface area contributed by atoms with Crippen LogP contribution >= 0.6 is 0 Å². The molecule has 14 heteroatoms. The number of alkyl halides is 1. The molecule has 1 saturated heterocycles. The van der Waals surface area contributed by atoms with Crippen LogP contribution < -0.4 is 0 Å². The maximum Gasteiger partial charge on any atom is 2.00 e. The van der Waals surface area contributed by atoms with Crippen molar-refractivity contribution in [1.29, 1.82) is 0 Å². The van der Waals surface area contributed by atoms with E-state index in [0.717, 1.165) is 0 Å². The number of aliphatic hydroxyl groups excluding tert-OH is 4. The summed E-state index contributed by atoms with van der Waals surface area (Å²) in [5.41, 5.74) is -3.46. The number of carboxylic acid groups (broad SMARTS) is 2. The van der Waals surface area contributed by atoms with Gasteiger partial charge in [-0.1, -0.05) is 0 Å². The summed E-state index contributed by atoms with van der Waals surface area (Å²) in [5, 5.41) is 54.8. The van der Waals surface area contributed by atoms with Crippen molar-refractivity contribution < 1.29 is 75.2 Å². The number of halogens is 1. The minimum Gasteiger partial charge on any atom is -0.693 e. The normalized spacial score (nSPS) is 28.1. The molecule has 0 spiro atoms. The Labute approximate surface area is 162 Å². The van der Waals surface area contributed by atoms with E-state index in [-0.39, 0.29) is 46.4 Å². The molecule has 1 aliphatic rings. The quantitative estimate of drug-likeness (QED) is 0.152. The molecule has 0 bridgehead atoms. The number of hydrogen-bond acceptors (Lipinski definition) is 8. The van der Waals surface area contributed by atoms with Gasteiger partial charge in [0.1, 0.15) is 24.4 Å². The van der Waals surface area contributed by atoms with E-state index in [2.05, 4.69) is 0 Å². The molecule has 1 fully saturated rings. The van der Waals surface area contributed by atoms with Crippen LogP contribution in [0.3, 0.4) is 0 Å². The van der Waals surface area contributed by atoms with Crippen molar-refractivity contribution in [2.24, 2.45) is 0 Å². The van der Waals surface area contributed by atoms with E-state index in [0.29, 0.717) is 0 Å². The predicted octanol–water partition coefficient (Wildman–Crippen LogP) is -1.11. The van der Waals surface area contributed by atoms with Gasteiger partial charge in [-0.15, -0.1) is 0 Å². The summed E-state index contributed by atoms with van der Waals surface area (Å²) in [4.78, 5) is 21.2. The molecule has 1 unspecified atom stereocenters. The van der Waals surface area contributed by atoms with Gasteiger partial charge in [0.25, 0.3) is 0 Å². The number of aliphatic carboxylic acids is 2. The first-order chi connectivity index (χ1) is 10.6. The van der Waals surface area contributed by atoms with Gasteiger partial charge in [0.05, 0.1) is 13.2 Å². The predicted molar refractivity (Wildman–Crippen MR) is 78.6 cm³/mol. The number of aliphatic hydroxyl groups is 4. The third kappa shape index (κ3) is 6.76. The summed E-state index contributed by atoms with van der Waals surface area (Å²) in [6.07, 6.45) is -8.71. The molecule has 5 atom stereocenters. The standard InChI is InChI=1S/C12H19FO10.2H2N.Pt/c13-12(10(18)19,11(20)21)2-1-3-22-9-8(17)7(16)6(15)5(4-14)23-9;;;/h5-9,14-17H,1-4H2,(H,18,19)(H,20,21);2*1H2;/q;2*-1;+2/t5-,6-,7+,8+,9?;;;/m1.../s1. The van der Waals surface area contributed by atoms with Gasteiger partial charge in [-0.05, 0) is 6.42 Å². The second-order valence-electron chi connectivity index (χ2n) is 5.08. The molecule has 1 heterocycles. The monoisotopic (exact) mass is 569 g/mol. The average molecular weight is 569 g/mol. The Morgan fingerprint density at radius 3 is 1.96 bits per heavy atom. The van der Waals surface area contributed by atoms with Gasteiger partial charge in [-0.2, -0.15) is 0 Å². The van der Waals surface area contributed by atoms with E-state index in [9.17, 15) is 29.3 Å². The van der Waals surface area contributed by atoms with Crippen LogP contribution in [0.25, 0.3) is 12.3 Å². The molecule has 26 heavy (non-hydrogen) atoms. The third-order valence-electron chi connectivity index (χ3n) is 3.47. The molecular weight excluding hydrogens is 546 g/mol. The van der Waals surface area contributed by atoms with Gasteiger partial charge >= 0.3 is 38.7 Å². The second-order valence-corrected chi connectivity index (χ2v) is 5.08. The van der Waals surface area contributed by atoms with Crippen molar-refractivity contribution in [2.75, 3.05) is 13.2 Å². The molecule has 0 saturated carbocycles. The molecular formula is C12H23FN2O10Pt. The molecule has 10 N–H and O–H groups in total. The second kappa shape index (κ2) is 12.6. The summed E-state index contributed by atoms with van der Waals surface area (Å²) in [7, 11) is 0. The number of carboxylic acids is 2. The number of rotatable bonds is 8. The Hall–Kier alpha value is -0.762. The van der Waals surface area contributed by atoms with E-state index in [1.165, 1.54) is 0 Å². The molecule has 0 radical (unpaired) electrons. The molecule has 0 aliphatic carbocycles. The number of carbonyl (C=O) groups is 2. The topological polar surface area (TPSA) is 241 Å². The minimum atomic E-state index is -3.46. The van der Waals surface area contributed by atoms with Gasteiger partial charge in [0.2, 0.25) is 0 Å². The molecule has 0 aromatic heterocycles. The van der Waals surface area contributed by atoms with E-state index in [1.54, 1.807) is 0 Å². The summed E-state index contributed by atoms with van der Waals surface area (Å²) >= 11 is 0. The van der Waals surface area contributed by atoms with Crippen molar-refractivity contribution in [3.63, 3.8) is 0 Å². The molecule has 0 aromatic carbocycles. The maximum atomic E-state index is 13.7. The number of nitrogens with two attached hydrogens (primary N) is 2. The van der Waals surface area contributed by atoms with Crippen LogP contribution in [-0.4, -0.2) is 92.2 Å². The van der Waals surface area contributed by atoms with Crippen molar-refractivity contribution >= 4 is 11.9 Å². The van der Waals surface area contributed by atoms with Gasteiger partial charge in [0.15, 0.2) is 6.29 Å². The van der Waals surface area contributed by atoms with Gasteiger partial charge in [-0.25, -0.2) is 14.0 Å². The van der Waals surface area contributed by atoms with Gasteiger partial charge in [-0.3, -0.25) is 0 Å². The van der Waals surface area contributed by atoms with E-state index < -0.39 is 61.3 Å². The van der Waals surface area contributed by atoms with Crippen molar-refractivity contribution in [1.82, 2.24) is 0 Å². The Morgan fingerprint density at radius 1 is 1.04 bits per heavy atom. The van der Waals surface area contributed by atoms with Crippen LogP contribution in [0, 0.1) is 0 Å². The first-order valence-corrected chi connectivity index (χ1v) is 6.73. The SMILES string of the molecule is O=C(O)C(F)(CCCOC1O[C@H](CO)[C@@H](O)[C@H](O)[C@@H]1O)C(=O)O.[NH2-].[NH2-].[Pt+2]. The summed E-state index contributed by atoms with van der Waals surface area (Å²) < 4.78 is 23.7. The number of ether oxygens (including phenoxy) is 2. The van der Waals surface area contributed by atoms with Crippen molar-refractivity contribution in [2.45, 2.75) is 49.2 Å².